The normalized spacial score (nSPS) is 17.8. The van der Waals surface area contributed by atoms with Crippen molar-refractivity contribution in [2.75, 3.05) is 22.5 Å². The maximum atomic E-state index is 12.5. The summed E-state index contributed by atoms with van der Waals surface area (Å²) in [6.07, 6.45) is 0. The lowest BCUT2D eigenvalue weighted by Gasteiger charge is -2.15. The minimum atomic E-state index is -3.72. The average molecular weight is 437 g/mol. The summed E-state index contributed by atoms with van der Waals surface area (Å²) in [6, 6.07) is 9.87. The highest BCUT2D eigenvalue weighted by atomic mass is 35.5. The summed E-state index contributed by atoms with van der Waals surface area (Å²) in [6.45, 7) is 1.55. The number of halogens is 1. The van der Waals surface area contributed by atoms with Crippen LogP contribution in [0.1, 0.15) is 27.6 Å². The fraction of sp³-hybridized carbons (Fsp3) is 0.211. The lowest BCUT2D eigenvalue weighted by atomic mass is 10.1. The number of nitrogens with one attached hydrogen (secondary N) is 1. The molecule has 2 aromatic rings. The van der Waals surface area contributed by atoms with Gasteiger partial charge in [0.1, 0.15) is 0 Å². The third-order valence-corrected chi connectivity index (χ3v) is 6.56. The minimum absolute atomic E-state index is 0.168. The molecule has 0 radical (unpaired) electrons. The highest BCUT2D eigenvalue weighted by Gasteiger charge is 2.41. The second-order valence-electron chi connectivity index (χ2n) is 6.47. The summed E-state index contributed by atoms with van der Waals surface area (Å²) in [5.74, 6) is -2.47. The molecule has 3 rings (SSSR count). The Hall–Kier alpha value is -2.91. The van der Waals surface area contributed by atoms with Gasteiger partial charge in [-0.25, -0.2) is 17.5 Å². The Morgan fingerprint density at radius 1 is 1.14 bits per heavy atom. The summed E-state index contributed by atoms with van der Waals surface area (Å²) in [5.41, 5.74) is 0.816. The van der Waals surface area contributed by atoms with Gasteiger partial charge in [0, 0.05) is 5.56 Å². The van der Waals surface area contributed by atoms with Gasteiger partial charge in [-0.15, -0.1) is 0 Å². The van der Waals surface area contributed by atoms with E-state index < -0.39 is 33.7 Å². The van der Waals surface area contributed by atoms with Crippen molar-refractivity contribution < 1.29 is 27.5 Å². The molecule has 1 fully saturated rings. The number of carbonyl (C=O) groups is 3. The highest BCUT2D eigenvalue weighted by molar-refractivity contribution is 7.94. The van der Waals surface area contributed by atoms with E-state index in [-0.39, 0.29) is 33.3 Å². The first kappa shape index (κ1) is 20.8. The van der Waals surface area contributed by atoms with Crippen LogP contribution in [-0.2, 0) is 19.6 Å². The fourth-order valence-electron chi connectivity index (χ4n) is 2.90. The Kier molecular flexibility index (Phi) is 5.63. The van der Waals surface area contributed by atoms with Crippen LogP contribution in [0.5, 0.6) is 0 Å². The number of rotatable bonds is 4. The van der Waals surface area contributed by atoms with Crippen LogP contribution in [0.4, 0.5) is 11.4 Å². The smallest absolute Gasteiger partial charge is 0.337 e. The average Bonchev–Trinajstić information content (AvgIpc) is 2.89. The summed E-state index contributed by atoms with van der Waals surface area (Å²) in [4.78, 5) is 36.3. The Morgan fingerprint density at radius 3 is 2.31 bits per heavy atom. The van der Waals surface area contributed by atoms with E-state index in [2.05, 4.69) is 10.1 Å². The van der Waals surface area contributed by atoms with E-state index in [4.69, 9.17) is 11.6 Å². The van der Waals surface area contributed by atoms with Crippen molar-refractivity contribution >= 4 is 50.8 Å². The number of amides is 2. The summed E-state index contributed by atoms with van der Waals surface area (Å²) >= 11 is 6.07. The first-order valence-corrected chi connectivity index (χ1v) is 10.5. The van der Waals surface area contributed by atoms with E-state index in [1.807, 2.05) is 0 Å². The van der Waals surface area contributed by atoms with Crippen LogP contribution in [0.3, 0.4) is 0 Å². The number of hydrogen-bond acceptors (Lipinski definition) is 6. The fourth-order valence-corrected chi connectivity index (χ4v) is 4.88. The van der Waals surface area contributed by atoms with Gasteiger partial charge >= 0.3 is 5.97 Å². The van der Waals surface area contributed by atoms with Crippen LogP contribution in [0.15, 0.2) is 42.5 Å². The van der Waals surface area contributed by atoms with E-state index in [0.717, 1.165) is 4.31 Å². The topological polar surface area (TPSA) is 110 Å². The SMILES string of the molecule is COC(=O)c1ccc(Cl)c(NC(=O)c2ccc(N3C(=O)C(C)CS3(=O)=O)cc2)c1. The van der Waals surface area contributed by atoms with Gasteiger partial charge in [-0.2, -0.15) is 0 Å². The predicted octanol–water partition coefficient (Wildman–Crippen LogP) is 2.69. The van der Waals surface area contributed by atoms with Gasteiger partial charge in [0.05, 0.1) is 40.7 Å². The number of carbonyl (C=O) groups excluding carboxylic acids is 3. The Morgan fingerprint density at radius 2 is 1.76 bits per heavy atom. The number of nitrogens with zero attached hydrogens (tertiary/aromatic N) is 1. The number of benzene rings is 2. The standard InChI is InChI=1S/C19H17ClN2O6S/c1-11-10-29(26,27)22(18(11)24)14-6-3-12(4-7-14)17(23)21-16-9-13(19(25)28-2)5-8-15(16)20/h3-9,11H,10H2,1-2H3,(H,21,23). The molecule has 29 heavy (non-hydrogen) atoms. The molecule has 0 bridgehead atoms. The number of anilines is 2. The molecule has 0 spiro atoms. The van der Waals surface area contributed by atoms with Crippen LogP contribution in [0.2, 0.25) is 5.02 Å². The molecule has 2 aromatic carbocycles. The van der Waals surface area contributed by atoms with Crippen molar-refractivity contribution in [3.8, 4) is 0 Å². The van der Waals surface area contributed by atoms with Gasteiger partial charge < -0.3 is 10.1 Å². The predicted molar refractivity (Wildman–Crippen MR) is 108 cm³/mol. The van der Waals surface area contributed by atoms with Crippen molar-refractivity contribution in [2.45, 2.75) is 6.92 Å². The third kappa shape index (κ3) is 4.10. The summed E-state index contributed by atoms with van der Waals surface area (Å²) in [7, 11) is -2.48. The number of methoxy groups -OCH3 is 1. The van der Waals surface area contributed by atoms with Gasteiger partial charge in [-0.05, 0) is 42.5 Å². The molecule has 1 aliphatic heterocycles. The van der Waals surface area contributed by atoms with Gasteiger partial charge in [-0.1, -0.05) is 18.5 Å². The molecule has 0 aromatic heterocycles. The molecule has 10 heteroatoms. The van der Waals surface area contributed by atoms with Crippen LogP contribution in [-0.4, -0.2) is 39.1 Å². The zero-order valence-corrected chi connectivity index (χ0v) is 17.1. The van der Waals surface area contributed by atoms with E-state index in [1.54, 1.807) is 6.92 Å². The first-order valence-electron chi connectivity index (χ1n) is 8.50. The molecule has 1 atom stereocenters. The molecule has 0 saturated carbocycles. The molecule has 1 unspecified atom stereocenters. The maximum absolute atomic E-state index is 12.5. The zero-order valence-electron chi connectivity index (χ0n) is 15.5. The molecular formula is C19H17ClN2O6S. The molecule has 8 nitrogen and oxygen atoms in total. The van der Waals surface area contributed by atoms with Crippen LogP contribution in [0, 0.1) is 5.92 Å². The minimum Gasteiger partial charge on any atom is -0.465 e. The van der Waals surface area contributed by atoms with E-state index >= 15 is 0 Å². The van der Waals surface area contributed by atoms with Gasteiger partial charge in [-0.3, -0.25) is 9.59 Å². The Bertz CT molecular complexity index is 1100. The molecule has 0 aliphatic carbocycles. The maximum Gasteiger partial charge on any atom is 0.337 e. The van der Waals surface area contributed by atoms with E-state index in [9.17, 15) is 22.8 Å². The molecular weight excluding hydrogens is 420 g/mol. The lowest BCUT2D eigenvalue weighted by Crippen LogP contribution is -2.30. The van der Waals surface area contributed by atoms with Gasteiger partial charge in [0.15, 0.2) is 0 Å². The number of esters is 1. The van der Waals surface area contributed by atoms with Crippen molar-refractivity contribution in [3.05, 3.63) is 58.6 Å². The second-order valence-corrected chi connectivity index (χ2v) is 8.74. The second kappa shape index (κ2) is 7.84. The van der Waals surface area contributed by atoms with E-state index in [1.165, 1.54) is 49.6 Å². The third-order valence-electron chi connectivity index (χ3n) is 4.36. The number of ether oxygens (including phenoxy) is 1. The summed E-state index contributed by atoms with van der Waals surface area (Å²) in [5, 5.41) is 2.82. The van der Waals surface area contributed by atoms with Crippen molar-refractivity contribution in [2.24, 2.45) is 5.92 Å². The van der Waals surface area contributed by atoms with Crippen LogP contribution >= 0.6 is 11.6 Å². The quantitative estimate of drug-likeness (QED) is 0.738. The molecule has 1 heterocycles. The Balaban J connectivity index is 1.82. The van der Waals surface area contributed by atoms with Gasteiger partial charge in [0.25, 0.3) is 5.91 Å². The van der Waals surface area contributed by atoms with Crippen molar-refractivity contribution in [1.82, 2.24) is 0 Å². The Labute approximate surface area is 172 Å². The molecule has 152 valence electrons. The van der Waals surface area contributed by atoms with Crippen LogP contribution in [0.25, 0.3) is 0 Å². The van der Waals surface area contributed by atoms with Crippen LogP contribution < -0.4 is 9.62 Å². The molecule has 1 N–H and O–H groups in total. The number of sulfonamides is 1. The van der Waals surface area contributed by atoms with E-state index in [0.29, 0.717) is 0 Å². The molecule has 2 amide bonds. The summed E-state index contributed by atoms with van der Waals surface area (Å²) < 4.78 is 29.7. The zero-order chi connectivity index (χ0) is 21.3. The molecule has 1 aliphatic rings. The highest BCUT2D eigenvalue weighted by Crippen LogP contribution is 2.29. The lowest BCUT2D eigenvalue weighted by molar-refractivity contribution is -0.119. The molecule has 1 saturated heterocycles. The van der Waals surface area contributed by atoms with Crippen molar-refractivity contribution in [1.29, 1.82) is 0 Å². The first-order chi connectivity index (χ1) is 13.6. The number of hydrogen-bond donors (Lipinski definition) is 1. The van der Waals surface area contributed by atoms with Crippen molar-refractivity contribution in [3.63, 3.8) is 0 Å². The van der Waals surface area contributed by atoms with Gasteiger partial charge in [0.2, 0.25) is 15.9 Å². The largest absolute Gasteiger partial charge is 0.465 e. The monoisotopic (exact) mass is 436 g/mol.